The Morgan fingerprint density at radius 3 is 2.40 bits per heavy atom. The van der Waals surface area contributed by atoms with E-state index in [1.54, 1.807) is 0 Å². The Kier molecular flexibility index (Phi) is 2.78. The Hall–Kier alpha value is -0.900. The van der Waals surface area contributed by atoms with Crippen molar-refractivity contribution >= 4 is 11.8 Å². The molecular weight excluding hydrogens is 194 g/mol. The van der Waals surface area contributed by atoms with E-state index in [1.165, 1.54) is 0 Å². The van der Waals surface area contributed by atoms with Gasteiger partial charge in [0.25, 0.3) is 0 Å². The predicted molar refractivity (Wildman–Crippen MR) is 54.5 cm³/mol. The molecule has 2 aliphatic rings. The van der Waals surface area contributed by atoms with Crippen molar-refractivity contribution < 1.29 is 14.7 Å². The van der Waals surface area contributed by atoms with Crippen LogP contribution in [0, 0.1) is 17.8 Å². The van der Waals surface area contributed by atoms with Gasteiger partial charge in [-0.05, 0) is 24.8 Å². The van der Waals surface area contributed by atoms with Crippen molar-refractivity contribution in [2.75, 3.05) is 20.1 Å². The van der Waals surface area contributed by atoms with Crippen molar-refractivity contribution in [2.24, 2.45) is 17.8 Å². The molecule has 1 aliphatic heterocycles. The lowest BCUT2D eigenvalue weighted by atomic mass is 9.67. The number of hydrogen-bond donors (Lipinski definition) is 1. The van der Waals surface area contributed by atoms with Crippen LogP contribution in [0.15, 0.2) is 0 Å². The van der Waals surface area contributed by atoms with Gasteiger partial charge in [-0.25, -0.2) is 0 Å². The maximum Gasteiger partial charge on any atom is 0.303 e. The van der Waals surface area contributed by atoms with Crippen molar-refractivity contribution in [3.05, 3.63) is 0 Å². The number of ketones is 1. The van der Waals surface area contributed by atoms with E-state index in [4.69, 9.17) is 5.11 Å². The fourth-order valence-corrected chi connectivity index (χ4v) is 3.17. The molecule has 1 aliphatic carbocycles. The second-order valence-corrected chi connectivity index (χ2v) is 4.95. The fourth-order valence-electron chi connectivity index (χ4n) is 3.17. The van der Waals surface area contributed by atoms with E-state index < -0.39 is 5.97 Å². The molecule has 0 amide bonds. The summed E-state index contributed by atoms with van der Waals surface area (Å²) < 4.78 is 0. The number of aliphatic carboxylic acids is 1. The van der Waals surface area contributed by atoms with Crippen LogP contribution in [-0.2, 0) is 9.59 Å². The molecule has 0 aromatic heterocycles. The molecule has 2 bridgehead atoms. The van der Waals surface area contributed by atoms with Crippen molar-refractivity contribution in [1.29, 1.82) is 0 Å². The summed E-state index contributed by atoms with van der Waals surface area (Å²) in [6.07, 6.45) is 1.40. The van der Waals surface area contributed by atoms with Crippen LogP contribution in [0.25, 0.3) is 0 Å². The number of fused-ring (bicyclic) bond motifs is 2. The van der Waals surface area contributed by atoms with Gasteiger partial charge in [0.2, 0.25) is 0 Å². The van der Waals surface area contributed by atoms with Gasteiger partial charge in [-0.15, -0.1) is 0 Å². The van der Waals surface area contributed by atoms with E-state index in [0.29, 0.717) is 18.6 Å². The normalized spacial score (nSPS) is 36.6. The number of hydrogen-bond acceptors (Lipinski definition) is 3. The summed E-state index contributed by atoms with van der Waals surface area (Å²) in [6, 6.07) is 0. The van der Waals surface area contributed by atoms with Gasteiger partial charge in [0.15, 0.2) is 0 Å². The predicted octanol–water partition coefficient (Wildman–Crippen LogP) is 0.618. The summed E-state index contributed by atoms with van der Waals surface area (Å²) in [7, 11) is 2.05. The highest BCUT2D eigenvalue weighted by atomic mass is 16.4. The van der Waals surface area contributed by atoms with Crippen LogP contribution >= 0.6 is 0 Å². The number of piperidine rings is 1. The van der Waals surface area contributed by atoms with Crippen LogP contribution in [-0.4, -0.2) is 41.9 Å². The van der Waals surface area contributed by atoms with Crippen LogP contribution < -0.4 is 0 Å². The molecule has 2 fully saturated rings. The van der Waals surface area contributed by atoms with Gasteiger partial charge in [0.05, 0.1) is 0 Å². The number of rotatable bonds is 2. The third-order valence-electron chi connectivity index (χ3n) is 3.69. The summed E-state index contributed by atoms with van der Waals surface area (Å²) in [4.78, 5) is 24.4. The molecule has 0 radical (unpaired) electrons. The molecule has 4 nitrogen and oxygen atoms in total. The number of carbonyl (C=O) groups is 2. The lowest BCUT2D eigenvalue weighted by molar-refractivity contribution is -0.143. The van der Waals surface area contributed by atoms with E-state index in [0.717, 1.165) is 13.1 Å². The van der Waals surface area contributed by atoms with Gasteiger partial charge >= 0.3 is 5.97 Å². The van der Waals surface area contributed by atoms with Crippen LogP contribution in [0.3, 0.4) is 0 Å². The van der Waals surface area contributed by atoms with Gasteiger partial charge in [0.1, 0.15) is 5.78 Å². The second-order valence-electron chi connectivity index (χ2n) is 4.95. The highest BCUT2D eigenvalue weighted by Crippen LogP contribution is 2.39. The number of carboxylic acids is 1. The first-order valence-electron chi connectivity index (χ1n) is 5.48. The minimum absolute atomic E-state index is 0.219. The van der Waals surface area contributed by atoms with Crippen LogP contribution in [0.5, 0.6) is 0 Å². The van der Waals surface area contributed by atoms with Crippen LogP contribution in [0.4, 0.5) is 0 Å². The van der Waals surface area contributed by atoms with E-state index in [1.807, 2.05) is 7.05 Å². The zero-order valence-corrected chi connectivity index (χ0v) is 8.98. The first-order valence-corrected chi connectivity index (χ1v) is 5.48. The van der Waals surface area contributed by atoms with Gasteiger partial charge in [-0.3, -0.25) is 9.59 Å². The average Bonchev–Trinajstić information content (AvgIpc) is 2.06. The average molecular weight is 211 g/mol. The number of carbonyl (C=O) groups excluding carboxylic acids is 1. The summed E-state index contributed by atoms with van der Waals surface area (Å²) in [5, 5.41) is 8.85. The lowest BCUT2D eigenvalue weighted by Gasteiger charge is -2.45. The number of Topliss-reactive ketones (excluding diaryl/α,β-unsaturated/α-hetero) is 1. The SMILES string of the molecule is CN1CC2CC(=O)CC(C1)C2CC(=O)O. The first-order chi connectivity index (χ1) is 7.06. The molecule has 1 heterocycles. The second kappa shape index (κ2) is 3.93. The Bertz CT molecular complexity index is 272. The molecule has 0 spiro atoms. The standard InChI is InChI=1S/C11H17NO3/c1-12-5-7-2-9(13)3-8(6-12)10(7)4-11(14)15/h7-8,10H,2-6H2,1H3,(H,14,15). The minimum Gasteiger partial charge on any atom is -0.481 e. The summed E-state index contributed by atoms with van der Waals surface area (Å²) >= 11 is 0. The molecule has 2 atom stereocenters. The Morgan fingerprint density at radius 2 is 1.93 bits per heavy atom. The van der Waals surface area contributed by atoms with Crippen molar-refractivity contribution in [2.45, 2.75) is 19.3 Å². The molecule has 2 rings (SSSR count). The topological polar surface area (TPSA) is 57.6 Å². The monoisotopic (exact) mass is 211 g/mol. The maximum absolute atomic E-state index is 11.4. The molecule has 0 aromatic carbocycles. The summed E-state index contributed by atoms with van der Waals surface area (Å²) in [5.74, 6) is 0.349. The summed E-state index contributed by atoms with van der Waals surface area (Å²) in [5.41, 5.74) is 0. The van der Waals surface area contributed by atoms with Crippen LogP contribution in [0.1, 0.15) is 19.3 Å². The minimum atomic E-state index is -0.728. The van der Waals surface area contributed by atoms with E-state index in [9.17, 15) is 9.59 Å². The van der Waals surface area contributed by atoms with E-state index in [2.05, 4.69) is 4.90 Å². The Morgan fingerprint density at radius 1 is 1.40 bits per heavy atom. The van der Waals surface area contributed by atoms with Gasteiger partial charge in [-0.2, -0.15) is 0 Å². The Balaban J connectivity index is 2.11. The number of nitrogens with zero attached hydrogens (tertiary/aromatic N) is 1. The van der Waals surface area contributed by atoms with Gasteiger partial charge in [0, 0.05) is 32.4 Å². The smallest absolute Gasteiger partial charge is 0.303 e. The fraction of sp³-hybridized carbons (Fsp3) is 0.818. The van der Waals surface area contributed by atoms with Crippen LogP contribution in [0.2, 0.25) is 0 Å². The molecule has 1 saturated carbocycles. The quantitative estimate of drug-likeness (QED) is 0.727. The molecule has 2 unspecified atom stereocenters. The Labute approximate surface area is 89.3 Å². The molecule has 1 saturated heterocycles. The third-order valence-corrected chi connectivity index (χ3v) is 3.69. The molecule has 1 N–H and O–H groups in total. The number of carboxylic acid groups (broad SMARTS) is 1. The highest BCUT2D eigenvalue weighted by Gasteiger charge is 2.42. The van der Waals surface area contributed by atoms with Crippen molar-refractivity contribution in [3.63, 3.8) is 0 Å². The van der Waals surface area contributed by atoms with E-state index >= 15 is 0 Å². The summed E-state index contributed by atoms with van der Waals surface area (Å²) in [6.45, 7) is 1.75. The van der Waals surface area contributed by atoms with Gasteiger partial charge < -0.3 is 10.0 Å². The first kappa shape index (κ1) is 10.6. The number of likely N-dealkylation sites (tertiary alicyclic amines) is 1. The zero-order chi connectivity index (χ0) is 11.0. The van der Waals surface area contributed by atoms with Crippen molar-refractivity contribution in [3.8, 4) is 0 Å². The molecule has 0 aromatic rings. The van der Waals surface area contributed by atoms with Crippen molar-refractivity contribution in [1.82, 2.24) is 4.90 Å². The lowest BCUT2D eigenvalue weighted by Crippen LogP contribution is -2.49. The molecule has 15 heavy (non-hydrogen) atoms. The molecular formula is C11H17NO3. The zero-order valence-electron chi connectivity index (χ0n) is 8.98. The van der Waals surface area contributed by atoms with Gasteiger partial charge in [-0.1, -0.05) is 0 Å². The molecule has 84 valence electrons. The maximum atomic E-state index is 11.4. The molecule has 4 heteroatoms. The third kappa shape index (κ3) is 2.20. The highest BCUT2D eigenvalue weighted by molar-refractivity contribution is 5.80. The largest absolute Gasteiger partial charge is 0.481 e. The van der Waals surface area contributed by atoms with E-state index in [-0.39, 0.29) is 24.2 Å².